The van der Waals surface area contributed by atoms with Gasteiger partial charge in [-0.1, -0.05) is 225 Å². The van der Waals surface area contributed by atoms with Crippen LogP contribution in [-0.4, -0.2) is 37.2 Å². The molecular weight excluding hydrogens is 853 g/mol. The smallest absolute Gasteiger partial charge is 0.306 e. The van der Waals surface area contributed by atoms with Crippen LogP contribution in [0.2, 0.25) is 0 Å². The van der Waals surface area contributed by atoms with E-state index < -0.39 is 6.10 Å². The molecule has 0 heterocycles. The Labute approximate surface area is 424 Å². The Balaban J connectivity index is 4.26. The third-order valence-corrected chi connectivity index (χ3v) is 11.1. The van der Waals surface area contributed by atoms with Gasteiger partial charge in [0.1, 0.15) is 13.2 Å². The molecule has 0 radical (unpaired) electrons. The highest BCUT2D eigenvalue weighted by Crippen LogP contribution is 2.13. The second-order valence-corrected chi connectivity index (χ2v) is 17.8. The Kier molecular flexibility index (Phi) is 52.5. The molecule has 0 spiro atoms. The first-order chi connectivity index (χ1) is 34.0. The van der Waals surface area contributed by atoms with Crippen molar-refractivity contribution in [2.75, 3.05) is 13.2 Å². The van der Waals surface area contributed by atoms with Crippen molar-refractivity contribution in [3.8, 4) is 0 Å². The molecule has 6 nitrogen and oxygen atoms in total. The van der Waals surface area contributed by atoms with Gasteiger partial charge >= 0.3 is 17.9 Å². The minimum atomic E-state index is -0.799. The summed E-state index contributed by atoms with van der Waals surface area (Å²) in [5, 5.41) is 0. The van der Waals surface area contributed by atoms with Crippen LogP contribution in [0.15, 0.2) is 134 Å². The molecule has 0 aromatic rings. The van der Waals surface area contributed by atoms with Crippen LogP contribution in [0.25, 0.3) is 0 Å². The lowest BCUT2D eigenvalue weighted by molar-refractivity contribution is -0.167. The molecule has 1 unspecified atom stereocenters. The van der Waals surface area contributed by atoms with E-state index in [1.54, 1.807) is 0 Å². The summed E-state index contributed by atoms with van der Waals surface area (Å²) in [6.45, 7) is 6.35. The molecule has 6 heteroatoms. The lowest BCUT2D eigenvalue weighted by Crippen LogP contribution is -2.30. The second-order valence-electron chi connectivity index (χ2n) is 17.8. The summed E-state index contributed by atoms with van der Waals surface area (Å²) < 4.78 is 16.7. The summed E-state index contributed by atoms with van der Waals surface area (Å²) in [4.78, 5) is 37.8. The number of carbonyl (C=O) groups is 3. The summed E-state index contributed by atoms with van der Waals surface area (Å²) in [5.74, 6) is -0.962. The zero-order chi connectivity index (χ0) is 50.0. The molecule has 0 aliphatic carbocycles. The largest absolute Gasteiger partial charge is 0.462 e. The van der Waals surface area contributed by atoms with E-state index in [9.17, 15) is 14.4 Å². The van der Waals surface area contributed by atoms with Gasteiger partial charge in [-0.3, -0.25) is 14.4 Å². The van der Waals surface area contributed by atoms with E-state index in [4.69, 9.17) is 14.2 Å². The van der Waals surface area contributed by atoms with Crippen LogP contribution in [0.3, 0.4) is 0 Å². The third kappa shape index (κ3) is 54.4. The van der Waals surface area contributed by atoms with Crippen molar-refractivity contribution >= 4 is 17.9 Å². The van der Waals surface area contributed by atoms with Crippen molar-refractivity contribution in [1.29, 1.82) is 0 Å². The fourth-order valence-electron chi connectivity index (χ4n) is 7.00. The van der Waals surface area contributed by atoms with E-state index in [2.05, 4.69) is 154 Å². The summed E-state index contributed by atoms with van der Waals surface area (Å²) in [6.07, 6.45) is 78.9. The lowest BCUT2D eigenvalue weighted by atomic mass is 10.1. The average molecular weight is 953 g/mol. The van der Waals surface area contributed by atoms with Crippen molar-refractivity contribution < 1.29 is 28.6 Å². The zero-order valence-corrected chi connectivity index (χ0v) is 44.3. The molecule has 0 N–H and O–H groups in total. The Hall–Kier alpha value is -4.45. The standard InChI is InChI=1S/C63H100O6/c1-4-7-10-13-16-18-20-22-23-24-25-26-27-28-29-30-31-32-33-34-35-36-37-38-39-41-42-44-47-50-53-56-62(65)68-59-60(58-67-61(64)55-52-49-46-15-12-9-6-3)69-63(66)57-54-51-48-45-43-40-21-19-17-14-11-8-5-2/h7,10-11,14,16,18-19,21-23,25-26,28-29,31-32,34-35,37-38,41-42,60H,4-6,8-9,12-13,15,17,20,24,27,30,33,36,39-40,43-59H2,1-3H3/b10-7-,14-11-,18-16-,21-19-,23-22-,26-25-,29-28-,32-31-,35-34-,38-37-,42-41-. The van der Waals surface area contributed by atoms with Crippen LogP contribution in [0, 0.1) is 0 Å². The third-order valence-electron chi connectivity index (χ3n) is 11.1. The van der Waals surface area contributed by atoms with Gasteiger partial charge in [0.15, 0.2) is 6.10 Å². The van der Waals surface area contributed by atoms with Crippen LogP contribution in [-0.2, 0) is 28.6 Å². The van der Waals surface area contributed by atoms with Gasteiger partial charge in [-0.25, -0.2) is 0 Å². The van der Waals surface area contributed by atoms with Gasteiger partial charge in [0.2, 0.25) is 0 Å². The maximum Gasteiger partial charge on any atom is 0.306 e. The molecule has 0 aliphatic rings. The lowest BCUT2D eigenvalue weighted by Gasteiger charge is -2.18. The predicted octanol–water partition coefficient (Wildman–Crippen LogP) is 18.6. The highest BCUT2D eigenvalue weighted by atomic mass is 16.6. The van der Waals surface area contributed by atoms with Crippen molar-refractivity contribution in [3.63, 3.8) is 0 Å². The summed E-state index contributed by atoms with van der Waals surface area (Å²) >= 11 is 0. The molecule has 69 heavy (non-hydrogen) atoms. The maximum absolute atomic E-state index is 12.7. The maximum atomic E-state index is 12.7. The number of unbranched alkanes of at least 4 members (excludes halogenated alkanes) is 15. The number of rotatable bonds is 48. The summed E-state index contributed by atoms with van der Waals surface area (Å²) in [7, 11) is 0. The summed E-state index contributed by atoms with van der Waals surface area (Å²) in [6, 6.07) is 0. The number of hydrogen-bond acceptors (Lipinski definition) is 6. The average Bonchev–Trinajstić information content (AvgIpc) is 3.35. The first kappa shape index (κ1) is 64.5. The molecular formula is C63H100O6. The van der Waals surface area contributed by atoms with E-state index >= 15 is 0 Å². The Morgan fingerprint density at radius 3 is 0.957 bits per heavy atom. The SMILES string of the molecule is CC/C=C\C/C=C\C/C=C\C/C=C\C/C=C\C/C=C\C/C=C\C/C=C\C/C=C\CCCCCC(=O)OCC(COC(=O)CCCCCCCCC)OC(=O)CCCCCCC/C=C\C/C=C\CCC. The van der Waals surface area contributed by atoms with Crippen LogP contribution in [0.1, 0.15) is 226 Å². The molecule has 388 valence electrons. The monoisotopic (exact) mass is 953 g/mol. The van der Waals surface area contributed by atoms with Crippen LogP contribution < -0.4 is 0 Å². The Morgan fingerprint density at radius 2 is 0.594 bits per heavy atom. The van der Waals surface area contributed by atoms with Crippen molar-refractivity contribution in [3.05, 3.63) is 134 Å². The van der Waals surface area contributed by atoms with Crippen LogP contribution in [0.4, 0.5) is 0 Å². The number of carbonyl (C=O) groups excluding carboxylic acids is 3. The van der Waals surface area contributed by atoms with E-state index in [1.807, 2.05) is 0 Å². The van der Waals surface area contributed by atoms with E-state index in [0.29, 0.717) is 19.3 Å². The van der Waals surface area contributed by atoms with Crippen molar-refractivity contribution in [1.82, 2.24) is 0 Å². The van der Waals surface area contributed by atoms with E-state index in [1.165, 1.54) is 32.1 Å². The Bertz CT molecular complexity index is 1510. The fraction of sp³-hybridized carbons (Fsp3) is 0.603. The quantitative estimate of drug-likeness (QED) is 0.0262. The molecule has 0 fully saturated rings. The van der Waals surface area contributed by atoms with Gasteiger partial charge in [0, 0.05) is 19.3 Å². The molecule has 0 saturated heterocycles. The first-order valence-corrected chi connectivity index (χ1v) is 27.7. The molecule has 0 aromatic heterocycles. The number of esters is 3. The molecule has 0 rings (SSSR count). The molecule has 0 aromatic carbocycles. The van der Waals surface area contributed by atoms with E-state index in [0.717, 1.165) is 154 Å². The minimum absolute atomic E-state index is 0.0977. The molecule has 0 saturated carbocycles. The number of ether oxygens (including phenoxy) is 3. The topological polar surface area (TPSA) is 78.9 Å². The van der Waals surface area contributed by atoms with Gasteiger partial charge in [0.05, 0.1) is 0 Å². The molecule has 0 amide bonds. The van der Waals surface area contributed by atoms with Gasteiger partial charge < -0.3 is 14.2 Å². The van der Waals surface area contributed by atoms with Gasteiger partial charge in [0.25, 0.3) is 0 Å². The van der Waals surface area contributed by atoms with Crippen LogP contribution in [0.5, 0.6) is 0 Å². The predicted molar refractivity (Wildman–Crippen MR) is 297 cm³/mol. The Morgan fingerprint density at radius 1 is 0.304 bits per heavy atom. The van der Waals surface area contributed by atoms with Gasteiger partial charge in [-0.2, -0.15) is 0 Å². The molecule has 0 bridgehead atoms. The van der Waals surface area contributed by atoms with Crippen molar-refractivity contribution in [2.45, 2.75) is 232 Å². The highest BCUT2D eigenvalue weighted by Gasteiger charge is 2.19. The highest BCUT2D eigenvalue weighted by molar-refractivity contribution is 5.71. The molecule has 1 atom stereocenters. The number of allylic oxidation sites excluding steroid dienone is 22. The van der Waals surface area contributed by atoms with Gasteiger partial charge in [-0.05, 0) is 116 Å². The van der Waals surface area contributed by atoms with E-state index in [-0.39, 0.29) is 31.1 Å². The number of hydrogen-bond donors (Lipinski definition) is 0. The molecule has 0 aliphatic heterocycles. The minimum Gasteiger partial charge on any atom is -0.462 e. The normalized spacial score (nSPS) is 13.1. The van der Waals surface area contributed by atoms with Gasteiger partial charge in [-0.15, -0.1) is 0 Å². The zero-order valence-electron chi connectivity index (χ0n) is 44.3. The second kappa shape index (κ2) is 56.1. The summed E-state index contributed by atoms with van der Waals surface area (Å²) in [5.41, 5.74) is 0. The fourth-order valence-corrected chi connectivity index (χ4v) is 7.00. The first-order valence-electron chi connectivity index (χ1n) is 27.7. The van der Waals surface area contributed by atoms with Crippen molar-refractivity contribution in [2.24, 2.45) is 0 Å². The van der Waals surface area contributed by atoms with Crippen LogP contribution >= 0.6 is 0 Å².